The summed E-state index contributed by atoms with van der Waals surface area (Å²) < 4.78 is 24.2. The van der Waals surface area contributed by atoms with Gasteiger partial charge in [-0.3, -0.25) is 4.79 Å². The number of fused-ring (bicyclic) bond motifs is 2. The fraction of sp³-hybridized carbons (Fsp3) is 0.355. The van der Waals surface area contributed by atoms with Crippen molar-refractivity contribution in [1.82, 2.24) is 34.0 Å². The van der Waals surface area contributed by atoms with Crippen LogP contribution in [0.15, 0.2) is 42.7 Å². The zero-order chi connectivity index (χ0) is 29.8. The molecule has 11 nitrogen and oxygen atoms in total. The van der Waals surface area contributed by atoms with Gasteiger partial charge < -0.3 is 24.5 Å². The lowest BCUT2D eigenvalue weighted by molar-refractivity contribution is 0.0606. The molecule has 1 saturated carbocycles. The third-order valence-corrected chi connectivity index (χ3v) is 8.28. The second-order valence-corrected chi connectivity index (χ2v) is 11.4. The molecule has 4 aromatic heterocycles. The first kappa shape index (κ1) is 27.0. The predicted molar refractivity (Wildman–Crippen MR) is 158 cm³/mol. The number of hydrogen-bond acceptors (Lipinski definition) is 8. The summed E-state index contributed by atoms with van der Waals surface area (Å²) in [6.07, 6.45) is 4.63. The number of ether oxygens (including phenoxy) is 1. The van der Waals surface area contributed by atoms with E-state index >= 15 is 0 Å². The number of nitriles is 1. The molecule has 1 saturated heterocycles. The van der Waals surface area contributed by atoms with E-state index in [1.54, 1.807) is 31.6 Å². The van der Waals surface area contributed by atoms with Crippen LogP contribution in [0.3, 0.4) is 0 Å². The molecule has 2 fully saturated rings. The highest BCUT2D eigenvalue weighted by molar-refractivity contribution is 6.00. The monoisotopic (exact) mass is 579 g/mol. The summed E-state index contributed by atoms with van der Waals surface area (Å²) in [6, 6.07) is 11.0. The summed E-state index contributed by atoms with van der Waals surface area (Å²) in [5.41, 5.74) is 10.9. The minimum Gasteiger partial charge on any atom is -0.494 e. The Morgan fingerprint density at radius 3 is 2.65 bits per heavy atom. The molecule has 12 heteroatoms. The van der Waals surface area contributed by atoms with E-state index in [1.807, 2.05) is 29.8 Å². The first-order valence-corrected chi connectivity index (χ1v) is 14.3. The molecule has 0 unspecified atom stereocenters. The molecular formula is C31H30FN9O2. The van der Waals surface area contributed by atoms with Crippen LogP contribution in [-0.4, -0.2) is 72.3 Å². The maximum Gasteiger partial charge on any atom is 0.254 e. The van der Waals surface area contributed by atoms with E-state index in [2.05, 4.69) is 20.6 Å². The van der Waals surface area contributed by atoms with Crippen molar-refractivity contribution in [3.8, 4) is 34.6 Å². The molecule has 0 bridgehead atoms. The zero-order valence-electron chi connectivity index (χ0n) is 23.9. The molecule has 1 aliphatic carbocycles. The van der Waals surface area contributed by atoms with Gasteiger partial charge in [-0.25, -0.2) is 24.3 Å². The molecule has 1 amide bonds. The maximum absolute atomic E-state index is 14.2. The Morgan fingerprint density at radius 1 is 1.16 bits per heavy atom. The van der Waals surface area contributed by atoms with Gasteiger partial charge >= 0.3 is 0 Å². The molecule has 5 aromatic rings. The number of halogens is 1. The molecule has 1 aromatic carbocycles. The number of carbonyl (C=O) groups excluding carboxylic acids is 1. The van der Waals surface area contributed by atoms with Crippen LogP contribution in [0.25, 0.3) is 44.8 Å². The smallest absolute Gasteiger partial charge is 0.254 e. The number of methoxy groups -OCH3 is 1. The lowest BCUT2D eigenvalue weighted by Crippen LogP contribution is -2.50. The van der Waals surface area contributed by atoms with E-state index in [0.29, 0.717) is 40.8 Å². The Bertz CT molecular complexity index is 1910. The van der Waals surface area contributed by atoms with Gasteiger partial charge in [-0.15, -0.1) is 0 Å². The van der Waals surface area contributed by atoms with Crippen molar-refractivity contribution in [2.75, 3.05) is 20.2 Å². The molecule has 1 aliphatic heterocycles. The number of aryl methyl sites for hydroxylation is 1. The predicted octanol–water partition coefficient (Wildman–Crippen LogP) is 3.85. The van der Waals surface area contributed by atoms with Gasteiger partial charge in [0.05, 0.1) is 30.6 Å². The largest absolute Gasteiger partial charge is 0.494 e. The molecular weight excluding hydrogens is 549 g/mol. The van der Waals surface area contributed by atoms with Crippen LogP contribution in [0.5, 0.6) is 5.75 Å². The number of piperidine rings is 1. The zero-order valence-corrected chi connectivity index (χ0v) is 23.9. The summed E-state index contributed by atoms with van der Waals surface area (Å²) in [5.74, 6) is 1.59. The minimum atomic E-state index is -1.15. The highest BCUT2D eigenvalue weighted by atomic mass is 19.1. The first-order valence-electron chi connectivity index (χ1n) is 14.3. The van der Waals surface area contributed by atoms with E-state index < -0.39 is 12.2 Å². The summed E-state index contributed by atoms with van der Waals surface area (Å²) in [4.78, 5) is 33.1. The molecule has 218 valence electrons. The Balaban J connectivity index is 1.33. The number of alkyl halides is 1. The normalized spacial score (nSPS) is 18.7. The number of benzene rings is 1. The van der Waals surface area contributed by atoms with Crippen molar-refractivity contribution < 1.29 is 13.9 Å². The van der Waals surface area contributed by atoms with Gasteiger partial charge in [0, 0.05) is 55.1 Å². The number of nitrogens with two attached hydrogens (primary N) is 1. The van der Waals surface area contributed by atoms with Gasteiger partial charge in [-0.2, -0.15) is 5.26 Å². The Labute approximate surface area is 246 Å². The Morgan fingerprint density at radius 2 is 1.95 bits per heavy atom. The van der Waals surface area contributed by atoms with Crippen LogP contribution < -0.4 is 10.5 Å². The second kappa shape index (κ2) is 10.4. The van der Waals surface area contributed by atoms with Crippen molar-refractivity contribution in [2.45, 2.75) is 38.0 Å². The SMILES string of the molecule is COc1cc(C(=O)N2C[C@H](N)C[C@@H](F)C2)cc2nc(-c3cc4ccc(-c5cnc(C#N)nc5)nc4n3CC3CC3)n(C)c12. The molecule has 5 heterocycles. The quantitative estimate of drug-likeness (QED) is 0.320. The third kappa shape index (κ3) is 4.85. The van der Waals surface area contributed by atoms with Crippen LogP contribution in [0, 0.1) is 17.2 Å². The summed E-state index contributed by atoms with van der Waals surface area (Å²) in [5, 5.41) is 10.0. The van der Waals surface area contributed by atoms with Gasteiger partial charge in [-0.05, 0) is 55.5 Å². The van der Waals surface area contributed by atoms with Gasteiger partial charge in [0.1, 0.15) is 29.2 Å². The van der Waals surface area contributed by atoms with Crippen LogP contribution in [-0.2, 0) is 13.6 Å². The van der Waals surface area contributed by atoms with Crippen LogP contribution in [0.4, 0.5) is 4.39 Å². The van der Waals surface area contributed by atoms with Gasteiger partial charge in [0.2, 0.25) is 5.82 Å². The fourth-order valence-electron chi connectivity index (χ4n) is 5.98. The summed E-state index contributed by atoms with van der Waals surface area (Å²) >= 11 is 0. The number of aromatic nitrogens is 6. The first-order chi connectivity index (χ1) is 20.8. The average molecular weight is 580 g/mol. The van der Waals surface area contributed by atoms with E-state index in [4.69, 9.17) is 25.7 Å². The molecule has 0 radical (unpaired) electrons. The van der Waals surface area contributed by atoms with Crippen molar-refractivity contribution >= 4 is 28.0 Å². The van der Waals surface area contributed by atoms with E-state index in [1.165, 1.54) is 4.90 Å². The molecule has 0 spiro atoms. The third-order valence-electron chi connectivity index (χ3n) is 8.28. The number of hydrogen-bond donors (Lipinski definition) is 1. The number of pyridine rings is 1. The van der Waals surface area contributed by atoms with Crippen LogP contribution in [0.2, 0.25) is 0 Å². The number of rotatable bonds is 6. The van der Waals surface area contributed by atoms with E-state index in [9.17, 15) is 9.18 Å². The molecule has 2 aliphatic rings. The topological polar surface area (TPSA) is 141 Å². The van der Waals surface area contributed by atoms with Crippen molar-refractivity contribution in [2.24, 2.45) is 18.7 Å². The highest BCUT2D eigenvalue weighted by Crippen LogP contribution is 2.38. The second-order valence-electron chi connectivity index (χ2n) is 11.4. The molecule has 43 heavy (non-hydrogen) atoms. The Kier molecular flexibility index (Phi) is 6.54. The number of nitrogens with zero attached hydrogens (tertiary/aromatic N) is 8. The lowest BCUT2D eigenvalue weighted by atomic mass is 10.0. The maximum atomic E-state index is 14.2. The fourth-order valence-corrected chi connectivity index (χ4v) is 5.98. The highest BCUT2D eigenvalue weighted by Gasteiger charge is 2.30. The van der Waals surface area contributed by atoms with Crippen LogP contribution >= 0.6 is 0 Å². The molecule has 2 N–H and O–H groups in total. The lowest BCUT2D eigenvalue weighted by Gasteiger charge is -2.33. The average Bonchev–Trinajstić information content (AvgIpc) is 3.68. The Hall–Kier alpha value is -4.89. The van der Waals surface area contributed by atoms with Crippen LogP contribution in [0.1, 0.15) is 35.4 Å². The number of imidazole rings is 1. The number of carbonyl (C=O) groups is 1. The molecule has 2 atom stereocenters. The minimum absolute atomic E-state index is 0.0191. The van der Waals surface area contributed by atoms with Crippen molar-refractivity contribution in [3.63, 3.8) is 0 Å². The van der Waals surface area contributed by atoms with E-state index in [-0.39, 0.29) is 24.7 Å². The summed E-state index contributed by atoms with van der Waals surface area (Å²) in [7, 11) is 3.49. The van der Waals surface area contributed by atoms with Crippen molar-refractivity contribution in [3.05, 3.63) is 54.1 Å². The van der Waals surface area contributed by atoms with Gasteiger partial charge in [0.15, 0.2) is 5.82 Å². The summed E-state index contributed by atoms with van der Waals surface area (Å²) in [6.45, 7) is 1.12. The number of amides is 1. The molecule has 7 rings (SSSR count). The van der Waals surface area contributed by atoms with Crippen molar-refractivity contribution in [1.29, 1.82) is 5.26 Å². The van der Waals surface area contributed by atoms with Gasteiger partial charge in [-0.1, -0.05) is 0 Å². The standard InChI is InChI=1S/C31H30FN9O2/c1-39-28-24(7-19(9-26(28)43-2)31(42)40-15-21(32)10-22(34)16-40)38-30(39)25-8-18-5-6-23(20-12-35-27(11-33)36-13-20)37-29(18)41(25)14-17-3-4-17/h5-9,12-13,17,21-22H,3-4,10,14-16,34H2,1-2H3/t21-,22-/m1/s1. The van der Waals surface area contributed by atoms with E-state index in [0.717, 1.165) is 47.2 Å². The van der Waals surface area contributed by atoms with Gasteiger partial charge in [0.25, 0.3) is 5.91 Å². The number of likely N-dealkylation sites (tertiary alicyclic amines) is 1.